The summed E-state index contributed by atoms with van der Waals surface area (Å²) >= 11 is 5.00. The van der Waals surface area contributed by atoms with Crippen molar-refractivity contribution in [2.24, 2.45) is 5.41 Å². The lowest BCUT2D eigenvalue weighted by molar-refractivity contribution is 0.0831. The van der Waals surface area contributed by atoms with Crippen molar-refractivity contribution in [3.63, 3.8) is 0 Å². The number of benzene rings is 1. The van der Waals surface area contributed by atoms with Crippen LogP contribution in [0.15, 0.2) is 12.1 Å². The third-order valence-electron chi connectivity index (χ3n) is 4.58. The molecule has 118 valence electrons. The average molecular weight is 323 g/mol. The lowest BCUT2D eigenvalue weighted by Crippen LogP contribution is -2.44. The lowest BCUT2D eigenvalue weighted by atomic mass is 9.85. The van der Waals surface area contributed by atoms with Crippen LogP contribution in [-0.2, 0) is 0 Å². The fourth-order valence-electron chi connectivity index (χ4n) is 3.19. The Morgan fingerprint density at radius 3 is 3.05 bits per heavy atom. The van der Waals surface area contributed by atoms with Crippen molar-refractivity contribution in [1.82, 2.24) is 15.3 Å². The van der Waals surface area contributed by atoms with Gasteiger partial charge in [0.15, 0.2) is 4.77 Å². The first-order valence-electron chi connectivity index (χ1n) is 7.26. The maximum absolute atomic E-state index is 13.7. The Kier molecular flexibility index (Phi) is 3.78. The summed E-state index contributed by atoms with van der Waals surface area (Å²) in [4.78, 5) is 18.2. The van der Waals surface area contributed by atoms with Gasteiger partial charge in [0.25, 0.3) is 5.91 Å². The van der Waals surface area contributed by atoms with Crippen molar-refractivity contribution in [1.29, 1.82) is 0 Å². The zero-order valence-corrected chi connectivity index (χ0v) is 13.0. The van der Waals surface area contributed by atoms with Crippen LogP contribution in [0.4, 0.5) is 4.39 Å². The molecule has 5 nitrogen and oxygen atoms in total. The second-order valence-corrected chi connectivity index (χ2v) is 6.59. The Morgan fingerprint density at radius 1 is 1.55 bits per heavy atom. The first-order chi connectivity index (χ1) is 10.4. The number of carbonyl (C=O) groups is 1. The van der Waals surface area contributed by atoms with Gasteiger partial charge >= 0.3 is 0 Å². The van der Waals surface area contributed by atoms with Gasteiger partial charge < -0.3 is 20.4 Å². The van der Waals surface area contributed by atoms with Crippen LogP contribution in [0.25, 0.3) is 11.0 Å². The second kappa shape index (κ2) is 5.48. The third kappa shape index (κ3) is 2.55. The molecule has 0 spiro atoms. The molecule has 1 amide bonds. The van der Waals surface area contributed by atoms with Gasteiger partial charge in [-0.15, -0.1) is 0 Å². The highest BCUT2D eigenvalue weighted by molar-refractivity contribution is 7.71. The number of hydrogen-bond donors (Lipinski definition) is 4. The Hall–Kier alpha value is -1.73. The number of rotatable bonds is 3. The van der Waals surface area contributed by atoms with E-state index in [0.717, 1.165) is 19.3 Å². The van der Waals surface area contributed by atoms with Gasteiger partial charge in [0, 0.05) is 11.5 Å². The number of fused-ring (bicyclic) bond motifs is 1. The smallest absolute Gasteiger partial charge is 0.253 e. The average Bonchev–Trinajstić information content (AvgIpc) is 3.01. The van der Waals surface area contributed by atoms with E-state index in [0.29, 0.717) is 15.8 Å². The summed E-state index contributed by atoms with van der Waals surface area (Å²) in [6.07, 6.45) is 2.62. The Labute approximate surface area is 131 Å². The van der Waals surface area contributed by atoms with E-state index in [1.807, 2.05) is 6.92 Å². The fourth-order valence-corrected chi connectivity index (χ4v) is 3.40. The molecule has 0 aliphatic heterocycles. The maximum atomic E-state index is 13.7. The summed E-state index contributed by atoms with van der Waals surface area (Å²) in [7, 11) is 0. The molecular weight excluding hydrogens is 305 g/mol. The number of aromatic nitrogens is 2. The van der Waals surface area contributed by atoms with Crippen molar-refractivity contribution >= 4 is 29.2 Å². The molecule has 3 rings (SSSR count). The van der Waals surface area contributed by atoms with Crippen molar-refractivity contribution in [2.45, 2.75) is 32.2 Å². The first kappa shape index (κ1) is 15.2. The molecule has 1 aliphatic rings. The van der Waals surface area contributed by atoms with Crippen LogP contribution in [-0.4, -0.2) is 33.6 Å². The SMILES string of the molecule is CC1(CO)CCCC1NC(=O)c1cc(F)cc2[nH]c(=S)[nH]c12. The molecule has 1 saturated carbocycles. The molecule has 2 aromatic rings. The summed E-state index contributed by atoms with van der Waals surface area (Å²) < 4.78 is 14.1. The van der Waals surface area contributed by atoms with Gasteiger partial charge in [0.2, 0.25) is 0 Å². The summed E-state index contributed by atoms with van der Waals surface area (Å²) in [5, 5.41) is 12.5. The molecule has 7 heteroatoms. The minimum atomic E-state index is -0.501. The number of aromatic amines is 2. The molecule has 4 N–H and O–H groups in total. The van der Waals surface area contributed by atoms with Gasteiger partial charge in [0.1, 0.15) is 5.82 Å². The van der Waals surface area contributed by atoms with Gasteiger partial charge in [-0.05, 0) is 37.2 Å². The Bertz CT molecular complexity index is 785. The normalized spacial score (nSPS) is 24.8. The van der Waals surface area contributed by atoms with Crippen LogP contribution in [0, 0.1) is 16.0 Å². The van der Waals surface area contributed by atoms with E-state index in [9.17, 15) is 14.3 Å². The number of aliphatic hydroxyl groups excluding tert-OH is 1. The molecular formula is C15H18FN3O2S. The molecule has 1 aromatic heterocycles. The number of amides is 1. The Balaban J connectivity index is 1.94. The monoisotopic (exact) mass is 323 g/mol. The van der Waals surface area contributed by atoms with E-state index in [1.54, 1.807) is 0 Å². The van der Waals surface area contributed by atoms with Crippen molar-refractivity contribution in [3.05, 3.63) is 28.3 Å². The molecule has 2 atom stereocenters. The summed E-state index contributed by atoms with van der Waals surface area (Å²) in [5.41, 5.74) is 0.848. The van der Waals surface area contributed by atoms with Gasteiger partial charge in [-0.2, -0.15) is 0 Å². The van der Waals surface area contributed by atoms with E-state index < -0.39 is 5.82 Å². The summed E-state index contributed by atoms with van der Waals surface area (Å²) in [5.74, 6) is -0.861. The van der Waals surface area contributed by atoms with E-state index in [1.165, 1.54) is 12.1 Å². The van der Waals surface area contributed by atoms with Gasteiger partial charge in [-0.3, -0.25) is 4.79 Å². The van der Waals surface area contributed by atoms with Gasteiger partial charge in [-0.1, -0.05) is 13.3 Å². The number of H-pyrrole nitrogens is 2. The number of imidazole rings is 1. The predicted molar refractivity (Wildman–Crippen MR) is 83.7 cm³/mol. The number of nitrogens with one attached hydrogen (secondary N) is 3. The third-order valence-corrected chi connectivity index (χ3v) is 4.79. The number of hydrogen-bond acceptors (Lipinski definition) is 3. The molecule has 0 bridgehead atoms. The molecule has 1 aliphatic carbocycles. The highest BCUT2D eigenvalue weighted by atomic mass is 32.1. The second-order valence-electron chi connectivity index (χ2n) is 6.19. The van der Waals surface area contributed by atoms with Crippen LogP contribution >= 0.6 is 12.2 Å². The fraction of sp³-hybridized carbons (Fsp3) is 0.467. The minimum absolute atomic E-state index is 0.0170. The van der Waals surface area contributed by atoms with Crippen LogP contribution in [0.2, 0.25) is 0 Å². The molecule has 1 aromatic carbocycles. The van der Waals surface area contributed by atoms with E-state index in [-0.39, 0.29) is 29.5 Å². The maximum Gasteiger partial charge on any atom is 0.253 e. The topological polar surface area (TPSA) is 80.9 Å². The van der Waals surface area contributed by atoms with E-state index >= 15 is 0 Å². The Morgan fingerprint density at radius 2 is 2.32 bits per heavy atom. The van der Waals surface area contributed by atoms with Crippen LogP contribution in [0.5, 0.6) is 0 Å². The minimum Gasteiger partial charge on any atom is -0.396 e. The molecule has 0 saturated heterocycles. The van der Waals surface area contributed by atoms with Crippen LogP contribution in [0.3, 0.4) is 0 Å². The molecule has 22 heavy (non-hydrogen) atoms. The quantitative estimate of drug-likeness (QED) is 0.656. The predicted octanol–water partition coefficient (Wildman–Crippen LogP) is 2.65. The molecule has 0 radical (unpaired) electrons. The van der Waals surface area contributed by atoms with Crippen molar-refractivity contribution in [3.8, 4) is 0 Å². The highest BCUT2D eigenvalue weighted by Gasteiger charge is 2.39. The molecule has 1 fully saturated rings. The van der Waals surface area contributed by atoms with Crippen LogP contribution in [0.1, 0.15) is 36.5 Å². The zero-order valence-electron chi connectivity index (χ0n) is 12.2. The standard InChI is InChI=1S/C15H18FN3O2S/c1-15(7-20)4-2-3-11(15)18-13(21)9-5-8(16)6-10-12(9)19-14(22)17-10/h5-6,11,20H,2-4,7H2,1H3,(H,18,21)(H2,17,19,22). The zero-order chi connectivity index (χ0) is 15.9. The van der Waals surface area contributed by atoms with Gasteiger partial charge in [0.05, 0.1) is 23.2 Å². The van der Waals surface area contributed by atoms with Crippen molar-refractivity contribution < 1.29 is 14.3 Å². The first-order valence-corrected chi connectivity index (χ1v) is 7.67. The molecule has 1 heterocycles. The number of carbonyl (C=O) groups excluding carboxylic acids is 1. The summed E-state index contributed by atoms with van der Waals surface area (Å²) in [6, 6.07) is 2.37. The van der Waals surface area contributed by atoms with Gasteiger partial charge in [-0.25, -0.2) is 4.39 Å². The van der Waals surface area contributed by atoms with Crippen LogP contribution < -0.4 is 5.32 Å². The van der Waals surface area contributed by atoms with E-state index in [2.05, 4.69) is 15.3 Å². The number of aliphatic hydroxyl groups is 1. The van der Waals surface area contributed by atoms with E-state index in [4.69, 9.17) is 12.2 Å². The molecule has 2 unspecified atom stereocenters. The summed E-state index contributed by atoms with van der Waals surface area (Å²) in [6.45, 7) is 1.97. The highest BCUT2D eigenvalue weighted by Crippen LogP contribution is 2.37. The van der Waals surface area contributed by atoms with Crippen molar-refractivity contribution in [2.75, 3.05) is 6.61 Å². The largest absolute Gasteiger partial charge is 0.396 e. The lowest BCUT2D eigenvalue weighted by Gasteiger charge is -2.30. The number of halogens is 1.